The van der Waals surface area contributed by atoms with E-state index in [9.17, 15) is 29.4 Å². The van der Waals surface area contributed by atoms with Crippen LogP contribution in [0, 0.1) is 5.92 Å². The van der Waals surface area contributed by atoms with Gasteiger partial charge in [0, 0.05) is 6.54 Å². The van der Waals surface area contributed by atoms with Gasteiger partial charge in [-0.15, -0.1) is 0 Å². The minimum absolute atomic E-state index is 0.115. The first-order valence-electron chi connectivity index (χ1n) is 10.9. The third-order valence-corrected chi connectivity index (χ3v) is 5.76. The summed E-state index contributed by atoms with van der Waals surface area (Å²) in [7, 11) is 0. The maximum absolute atomic E-state index is 13.0. The lowest BCUT2D eigenvalue weighted by atomic mass is 9.99. The fourth-order valence-electron chi connectivity index (χ4n) is 3.48. The topological polar surface area (TPSA) is 188 Å². The summed E-state index contributed by atoms with van der Waals surface area (Å²) in [5, 5.41) is 24.0. The number of nitrogens with zero attached hydrogens (tertiary/aromatic N) is 1. The lowest BCUT2D eigenvalue weighted by Crippen LogP contribution is -2.58. The van der Waals surface area contributed by atoms with Crippen LogP contribution in [0.1, 0.15) is 52.4 Å². The van der Waals surface area contributed by atoms with E-state index in [1.165, 1.54) is 4.90 Å². The number of amides is 3. The molecule has 0 aromatic heterocycles. The van der Waals surface area contributed by atoms with Gasteiger partial charge in [-0.3, -0.25) is 14.4 Å². The first kappa shape index (κ1) is 26.8. The highest BCUT2D eigenvalue weighted by atomic mass is 16.4. The van der Waals surface area contributed by atoms with Crippen molar-refractivity contribution in [2.24, 2.45) is 17.4 Å². The third-order valence-electron chi connectivity index (χ3n) is 5.76. The van der Waals surface area contributed by atoms with E-state index in [2.05, 4.69) is 10.6 Å². The molecule has 178 valence electrons. The van der Waals surface area contributed by atoms with Crippen molar-refractivity contribution < 1.29 is 29.4 Å². The number of carbonyl (C=O) groups excluding carboxylic acids is 3. The van der Waals surface area contributed by atoms with E-state index in [4.69, 9.17) is 11.5 Å². The molecule has 31 heavy (non-hydrogen) atoms. The van der Waals surface area contributed by atoms with Crippen molar-refractivity contribution in [3.63, 3.8) is 0 Å². The molecule has 11 nitrogen and oxygen atoms in total. The Kier molecular flexibility index (Phi) is 11.4. The second kappa shape index (κ2) is 13.2. The highest BCUT2D eigenvalue weighted by Crippen LogP contribution is 2.20. The fraction of sp³-hybridized carbons (Fsp3) is 0.800. The smallest absolute Gasteiger partial charge is 0.326 e. The molecule has 3 amide bonds. The number of likely N-dealkylation sites (tertiary alicyclic amines) is 1. The van der Waals surface area contributed by atoms with E-state index < -0.39 is 54.5 Å². The van der Waals surface area contributed by atoms with E-state index in [1.54, 1.807) is 6.92 Å². The molecule has 1 saturated heterocycles. The lowest BCUT2D eigenvalue weighted by Gasteiger charge is -2.29. The number of rotatable bonds is 13. The van der Waals surface area contributed by atoms with E-state index in [-0.39, 0.29) is 12.3 Å². The average molecular weight is 444 g/mol. The summed E-state index contributed by atoms with van der Waals surface area (Å²) in [5.41, 5.74) is 11.4. The van der Waals surface area contributed by atoms with Gasteiger partial charge in [-0.1, -0.05) is 20.3 Å². The SMILES string of the molecule is CCC(C)C(N)C(=O)NC(CO)C(=O)NC(CCCCN)C(=O)N1CCCC1C(=O)O. The van der Waals surface area contributed by atoms with Gasteiger partial charge in [-0.05, 0) is 44.6 Å². The van der Waals surface area contributed by atoms with Crippen LogP contribution in [0.15, 0.2) is 0 Å². The monoisotopic (exact) mass is 443 g/mol. The number of aliphatic hydroxyl groups excluding tert-OH is 1. The molecule has 5 unspecified atom stereocenters. The van der Waals surface area contributed by atoms with Gasteiger partial charge < -0.3 is 37.2 Å². The normalized spacial score (nSPS) is 19.9. The van der Waals surface area contributed by atoms with Gasteiger partial charge in [0.05, 0.1) is 12.6 Å². The van der Waals surface area contributed by atoms with E-state index in [0.29, 0.717) is 45.2 Å². The highest BCUT2D eigenvalue weighted by Gasteiger charge is 2.38. The van der Waals surface area contributed by atoms with Gasteiger partial charge in [0.25, 0.3) is 0 Å². The predicted octanol–water partition coefficient (Wildman–Crippen LogP) is -1.47. The number of unbranched alkanes of at least 4 members (excludes halogenated alkanes) is 1. The average Bonchev–Trinajstić information content (AvgIpc) is 3.25. The maximum Gasteiger partial charge on any atom is 0.326 e. The van der Waals surface area contributed by atoms with Crippen LogP contribution in [-0.4, -0.2) is 82.7 Å². The molecule has 8 N–H and O–H groups in total. The Bertz CT molecular complexity index is 631. The second-order valence-corrected chi connectivity index (χ2v) is 8.03. The van der Waals surface area contributed by atoms with Crippen LogP contribution in [0.3, 0.4) is 0 Å². The Morgan fingerprint density at radius 3 is 2.32 bits per heavy atom. The van der Waals surface area contributed by atoms with Crippen molar-refractivity contribution >= 4 is 23.7 Å². The van der Waals surface area contributed by atoms with Crippen molar-refractivity contribution in [1.82, 2.24) is 15.5 Å². The molecule has 0 aromatic rings. The summed E-state index contributed by atoms with van der Waals surface area (Å²) in [5.74, 6) is -2.99. The van der Waals surface area contributed by atoms with Crippen LogP contribution in [0.25, 0.3) is 0 Å². The lowest BCUT2D eigenvalue weighted by molar-refractivity contribution is -0.149. The van der Waals surface area contributed by atoms with Crippen LogP contribution in [0.4, 0.5) is 0 Å². The third kappa shape index (κ3) is 7.75. The van der Waals surface area contributed by atoms with Gasteiger partial charge >= 0.3 is 5.97 Å². The molecule has 0 radical (unpaired) electrons. The number of hydrogen-bond donors (Lipinski definition) is 6. The quantitative estimate of drug-likeness (QED) is 0.186. The molecular formula is C20H37N5O6. The minimum atomic E-state index is -1.28. The Balaban J connectivity index is 2.88. The number of carbonyl (C=O) groups is 4. The van der Waals surface area contributed by atoms with Gasteiger partial charge in [0.15, 0.2) is 0 Å². The fourth-order valence-corrected chi connectivity index (χ4v) is 3.48. The van der Waals surface area contributed by atoms with E-state index >= 15 is 0 Å². The van der Waals surface area contributed by atoms with E-state index in [0.717, 1.165) is 0 Å². The van der Waals surface area contributed by atoms with Gasteiger partial charge in [-0.2, -0.15) is 0 Å². The number of aliphatic hydroxyl groups is 1. The molecule has 1 heterocycles. The molecule has 0 spiro atoms. The summed E-state index contributed by atoms with van der Waals surface area (Å²) in [4.78, 5) is 50.7. The first-order chi connectivity index (χ1) is 14.7. The number of carboxylic acids is 1. The highest BCUT2D eigenvalue weighted by molar-refractivity contribution is 5.94. The Labute approximate surface area is 182 Å². The number of nitrogens with two attached hydrogens (primary N) is 2. The van der Waals surface area contributed by atoms with Crippen LogP contribution < -0.4 is 22.1 Å². The maximum atomic E-state index is 13.0. The molecule has 1 aliphatic rings. The summed E-state index contributed by atoms with van der Waals surface area (Å²) < 4.78 is 0. The van der Waals surface area contributed by atoms with Crippen molar-refractivity contribution in [2.45, 2.75) is 76.5 Å². The zero-order chi connectivity index (χ0) is 23.6. The molecule has 5 atom stereocenters. The summed E-state index contributed by atoms with van der Waals surface area (Å²) in [6.07, 6.45) is 3.04. The van der Waals surface area contributed by atoms with Gasteiger partial charge in [0.1, 0.15) is 18.1 Å². The first-order valence-corrected chi connectivity index (χ1v) is 10.9. The largest absolute Gasteiger partial charge is 0.480 e. The van der Waals surface area contributed by atoms with E-state index in [1.807, 2.05) is 6.92 Å². The molecule has 0 saturated carbocycles. The Morgan fingerprint density at radius 2 is 1.77 bits per heavy atom. The summed E-state index contributed by atoms with van der Waals surface area (Å²) in [6, 6.07) is -4.02. The number of nitrogens with one attached hydrogen (secondary N) is 2. The predicted molar refractivity (Wildman–Crippen MR) is 114 cm³/mol. The van der Waals surface area contributed by atoms with Crippen molar-refractivity contribution in [3.05, 3.63) is 0 Å². The molecule has 1 rings (SSSR count). The molecule has 1 aliphatic heterocycles. The van der Waals surface area contributed by atoms with Gasteiger partial charge in [-0.25, -0.2) is 4.79 Å². The Hall–Kier alpha value is -2.24. The standard InChI is InChI=1S/C20H37N5O6/c1-3-12(2)16(22)18(28)24-14(11-26)17(27)23-13(7-4-5-9-21)19(29)25-10-6-8-15(25)20(30)31/h12-16,26H,3-11,21-22H2,1-2H3,(H,23,27)(H,24,28)(H,30,31). The number of hydrogen-bond acceptors (Lipinski definition) is 7. The Morgan fingerprint density at radius 1 is 1.13 bits per heavy atom. The van der Waals surface area contributed by atoms with Crippen molar-refractivity contribution in [2.75, 3.05) is 19.7 Å². The second-order valence-electron chi connectivity index (χ2n) is 8.03. The van der Waals surface area contributed by atoms with Crippen LogP contribution in [-0.2, 0) is 19.2 Å². The van der Waals surface area contributed by atoms with Crippen molar-refractivity contribution in [1.29, 1.82) is 0 Å². The number of carboxylic acid groups (broad SMARTS) is 1. The molecular weight excluding hydrogens is 406 g/mol. The molecule has 11 heteroatoms. The summed E-state index contributed by atoms with van der Waals surface area (Å²) in [6.45, 7) is 3.73. The molecule has 0 aliphatic carbocycles. The minimum Gasteiger partial charge on any atom is -0.480 e. The van der Waals surface area contributed by atoms with Crippen LogP contribution in [0.2, 0.25) is 0 Å². The van der Waals surface area contributed by atoms with Crippen molar-refractivity contribution in [3.8, 4) is 0 Å². The van der Waals surface area contributed by atoms with Gasteiger partial charge in [0.2, 0.25) is 17.7 Å². The molecule has 0 aromatic carbocycles. The number of aliphatic carboxylic acids is 1. The zero-order valence-corrected chi connectivity index (χ0v) is 18.4. The zero-order valence-electron chi connectivity index (χ0n) is 18.4. The summed E-state index contributed by atoms with van der Waals surface area (Å²) >= 11 is 0. The van der Waals surface area contributed by atoms with Crippen LogP contribution >= 0.6 is 0 Å². The molecule has 0 bridgehead atoms. The molecule has 1 fully saturated rings. The van der Waals surface area contributed by atoms with Crippen LogP contribution in [0.5, 0.6) is 0 Å².